The van der Waals surface area contributed by atoms with E-state index in [1.54, 1.807) is 47.4 Å². The molecule has 1 N–H and O–H groups in total. The first-order valence-electron chi connectivity index (χ1n) is 10.6. The molecule has 0 saturated carbocycles. The molecule has 0 bridgehead atoms. The third-order valence-corrected chi connectivity index (χ3v) is 6.91. The summed E-state index contributed by atoms with van der Waals surface area (Å²) in [7, 11) is -3.34. The second-order valence-corrected chi connectivity index (χ2v) is 10.5. The summed E-state index contributed by atoms with van der Waals surface area (Å²) < 4.78 is 34.8. The number of sulfone groups is 1. The minimum Gasteiger partial charge on any atom is -0.492 e. The van der Waals surface area contributed by atoms with Crippen LogP contribution in [-0.4, -0.2) is 50.3 Å². The quantitative estimate of drug-likeness (QED) is 0.546. The van der Waals surface area contributed by atoms with Gasteiger partial charge in [-0.05, 0) is 54.4 Å². The van der Waals surface area contributed by atoms with E-state index in [4.69, 9.17) is 21.1 Å². The third kappa shape index (κ3) is 5.60. The van der Waals surface area contributed by atoms with Gasteiger partial charge in [0.25, 0.3) is 5.56 Å². The van der Waals surface area contributed by atoms with Crippen LogP contribution in [0, 0.1) is 5.92 Å². The number of hydrogen-bond donors (Lipinski definition) is 1. The average molecular weight is 503 g/mol. The number of hydrogen-bond acceptors (Lipinski definition) is 6. The average Bonchev–Trinajstić information content (AvgIpc) is 3.28. The number of halogens is 1. The Morgan fingerprint density at radius 2 is 1.82 bits per heavy atom. The summed E-state index contributed by atoms with van der Waals surface area (Å²) in [6.07, 6.45) is 2.92. The molecule has 3 aromatic rings. The summed E-state index contributed by atoms with van der Waals surface area (Å²) >= 11 is 5.85. The second-order valence-electron chi connectivity index (χ2n) is 8.08. The highest BCUT2D eigenvalue weighted by molar-refractivity contribution is 7.90. The van der Waals surface area contributed by atoms with Crippen molar-refractivity contribution in [3.63, 3.8) is 0 Å². The van der Waals surface area contributed by atoms with Crippen LogP contribution in [0.15, 0.2) is 70.5 Å². The zero-order valence-electron chi connectivity index (χ0n) is 18.4. The lowest BCUT2D eigenvalue weighted by molar-refractivity contribution is 0.158. The Hall–Kier alpha value is -3.30. The summed E-state index contributed by atoms with van der Waals surface area (Å²) in [6.45, 7) is 1.31. The van der Waals surface area contributed by atoms with Gasteiger partial charge in [-0.25, -0.2) is 13.2 Å². The van der Waals surface area contributed by atoms with Gasteiger partial charge in [0.05, 0.1) is 17.1 Å². The van der Waals surface area contributed by atoms with Crippen molar-refractivity contribution >= 4 is 27.5 Å². The molecule has 1 saturated heterocycles. The Balaban J connectivity index is 1.41. The van der Waals surface area contributed by atoms with Crippen LogP contribution in [0.25, 0.3) is 11.1 Å². The molecule has 8 nitrogen and oxygen atoms in total. The summed E-state index contributed by atoms with van der Waals surface area (Å²) in [6, 6.07) is 14.3. The topological polar surface area (TPSA) is 106 Å². The molecule has 1 aromatic heterocycles. The van der Waals surface area contributed by atoms with Crippen molar-refractivity contribution in [2.75, 3.05) is 26.0 Å². The Labute approximate surface area is 202 Å². The van der Waals surface area contributed by atoms with Crippen LogP contribution in [0.3, 0.4) is 0 Å². The van der Waals surface area contributed by atoms with E-state index in [1.165, 1.54) is 18.3 Å². The van der Waals surface area contributed by atoms with Gasteiger partial charge in [-0.1, -0.05) is 23.7 Å². The molecule has 1 amide bonds. The molecule has 0 radical (unpaired) electrons. The fraction of sp³-hybridized carbons (Fsp3) is 0.250. The van der Waals surface area contributed by atoms with E-state index in [0.717, 1.165) is 12.7 Å². The smallest absolute Gasteiger partial charge is 0.415 e. The van der Waals surface area contributed by atoms with Crippen LogP contribution in [0.5, 0.6) is 11.5 Å². The van der Waals surface area contributed by atoms with Crippen molar-refractivity contribution in [3.8, 4) is 22.6 Å². The van der Waals surface area contributed by atoms with Crippen LogP contribution in [0.4, 0.5) is 4.79 Å². The Morgan fingerprint density at radius 1 is 1.12 bits per heavy atom. The molecule has 178 valence electrons. The Morgan fingerprint density at radius 3 is 2.50 bits per heavy atom. The van der Waals surface area contributed by atoms with Crippen LogP contribution < -0.4 is 15.0 Å². The highest BCUT2D eigenvalue weighted by Gasteiger charge is 2.28. The molecule has 10 heteroatoms. The molecule has 1 unspecified atom stereocenters. The van der Waals surface area contributed by atoms with E-state index in [2.05, 4.69) is 4.98 Å². The van der Waals surface area contributed by atoms with Crippen LogP contribution in [-0.2, 0) is 9.84 Å². The molecule has 2 aromatic carbocycles. The van der Waals surface area contributed by atoms with Crippen LogP contribution in [0.2, 0.25) is 5.02 Å². The number of likely N-dealkylation sites (tertiary alicyclic amines) is 1. The maximum Gasteiger partial charge on any atom is 0.415 e. The van der Waals surface area contributed by atoms with Crippen molar-refractivity contribution in [2.45, 2.75) is 11.3 Å². The van der Waals surface area contributed by atoms with Crippen molar-refractivity contribution in [3.05, 3.63) is 76.2 Å². The minimum atomic E-state index is -3.34. The number of benzene rings is 2. The standard InChI is InChI=1S/C24H23ClN2O6S/c1-34(30,31)20-8-2-17(3-9-20)22-21(10-12-26-23(22)28)32-15-16-11-13-27(14-16)24(29)33-19-6-4-18(25)5-7-19/h2-10,12,16H,11,13-15H2,1H3,(H,26,28). The van der Waals surface area contributed by atoms with E-state index in [1.807, 2.05) is 0 Å². The number of ether oxygens (including phenoxy) is 2. The minimum absolute atomic E-state index is 0.0671. The molecule has 1 atom stereocenters. The number of nitrogens with zero attached hydrogens (tertiary/aromatic N) is 1. The Kier molecular flexibility index (Phi) is 6.95. The molecule has 1 aliphatic heterocycles. The molecular weight excluding hydrogens is 480 g/mol. The van der Waals surface area contributed by atoms with Crippen LogP contribution >= 0.6 is 11.6 Å². The highest BCUT2D eigenvalue weighted by Crippen LogP contribution is 2.28. The van der Waals surface area contributed by atoms with Crippen molar-refractivity contribution < 1.29 is 22.7 Å². The summed E-state index contributed by atoms with van der Waals surface area (Å²) in [5, 5.41) is 0.559. The van der Waals surface area contributed by atoms with Gasteiger partial charge in [0, 0.05) is 36.5 Å². The zero-order chi connectivity index (χ0) is 24.3. The maximum atomic E-state index is 12.5. The van der Waals surface area contributed by atoms with Gasteiger partial charge in [-0.3, -0.25) is 4.79 Å². The van der Waals surface area contributed by atoms with Gasteiger partial charge in [0.1, 0.15) is 11.5 Å². The fourth-order valence-corrected chi connectivity index (χ4v) is 4.49. The zero-order valence-corrected chi connectivity index (χ0v) is 19.9. The van der Waals surface area contributed by atoms with Gasteiger partial charge in [0.2, 0.25) is 0 Å². The molecular formula is C24H23ClN2O6S. The molecule has 1 fully saturated rings. The molecule has 0 spiro atoms. The number of H-pyrrole nitrogens is 1. The van der Waals surface area contributed by atoms with Gasteiger partial charge in [-0.15, -0.1) is 0 Å². The van der Waals surface area contributed by atoms with Crippen molar-refractivity contribution in [1.29, 1.82) is 0 Å². The summed E-state index contributed by atoms with van der Waals surface area (Å²) in [4.78, 5) is 29.4. The van der Waals surface area contributed by atoms with E-state index < -0.39 is 15.9 Å². The highest BCUT2D eigenvalue weighted by atomic mass is 35.5. The number of pyridine rings is 1. The number of rotatable bonds is 6. The fourth-order valence-electron chi connectivity index (χ4n) is 3.73. The van der Waals surface area contributed by atoms with Gasteiger partial charge >= 0.3 is 6.09 Å². The molecule has 1 aliphatic rings. The number of aromatic nitrogens is 1. The van der Waals surface area contributed by atoms with Gasteiger partial charge in [0.15, 0.2) is 9.84 Å². The Bertz CT molecular complexity index is 1340. The first-order chi connectivity index (χ1) is 16.2. The third-order valence-electron chi connectivity index (χ3n) is 5.53. The lowest BCUT2D eigenvalue weighted by Crippen LogP contribution is -2.32. The number of aromatic amines is 1. The van der Waals surface area contributed by atoms with Crippen molar-refractivity contribution in [2.24, 2.45) is 5.92 Å². The maximum absolute atomic E-state index is 12.5. The van der Waals surface area contributed by atoms with Gasteiger partial charge < -0.3 is 19.4 Å². The lowest BCUT2D eigenvalue weighted by atomic mass is 10.1. The van der Waals surface area contributed by atoms with E-state index in [-0.39, 0.29) is 16.4 Å². The number of carbonyl (C=O) groups is 1. The largest absolute Gasteiger partial charge is 0.492 e. The van der Waals surface area contributed by atoms with E-state index >= 15 is 0 Å². The predicted molar refractivity (Wildman–Crippen MR) is 128 cm³/mol. The summed E-state index contributed by atoms with van der Waals surface area (Å²) in [5.41, 5.74) is 0.521. The first-order valence-corrected chi connectivity index (χ1v) is 12.8. The van der Waals surface area contributed by atoms with E-state index in [0.29, 0.717) is 47.3 Å². The van der Waals surface area contributed by atoms with E-state index in [9.17, 15) is 18.0 Å². The normalized spacial score (nSPS) is 15.8. The lowest BCUT2D eigenvalue weighted by Gasteiger charge is -2.17. The van der Waals surface area contributed by atoms with Crippen LogP contribution in [0.1, 0.15) is 6.42 Å². The SMILES string of the molecule is CS(=O)(=O)c1ccc(-c2c(OCC3CCN(C(=O)Oc4ccc(Cl)cc4)C3)cc[nH]c2=O)cc1. The van der Waals surface area contributed by atoms with Crippen molar-refractivity contribution in [1.82, 2.24) is 9.88 Å². The molecule has 2 heterocycles. The number of carbonyl (C=O) groups excluding carboxylic acids is 1. The number of amides is 1. The van der Waals surface area contributed by atoms with Gasteiger partial charge in [-0.2, -0.15) is 0 Å². The second kappa shape index (κ2) is 9.90. The summed E-state index contributed by atoms with van der Waals surface area (Å²) in [5.74, 6) is 0.875. The number of nitrogens with one attached hydrogen (secondary N) is 1. The predicted octanol–water partition coefficient (Wildman–Crippen LogP) is 4.00. The molecule has 34 heavy (non-hydrogen) atoms. The molecule has 0 aliphatic carbocycles. The monoisotopic (exact) mass is 502 g/mol. The first kappa shape index (κ1) is 23.8. The molecule has 4 rings (SSSR count).